The lowest BCUT2D eigenvalue weighted by Crippen LogP contribution is -2.34. The third-order valence-corrected chi connectivity index (χ3v) is 3.41. The Bertz CT molecular complexity index is 457. The van der Waals surface area contributed by atoms with Crippen molar-refractivity contribution < 1.29 is 4.79 Å². The van der Waals surface area contributed by atoms with Crippen LogP contribution in [-0.2, 0) is 10.2 Å². The molecular weight excluding hydrogens is 266 g/mol. The van der Waals surface area contributed by atoms with E-state index in [1.165, 1.54) is 0 Å². The highest BCUT2D eigenvalue weighted by molar-refractivity contribution is 9.10. The fourth-order valence-corrected chi connectivity index (χ4v) is 2.26. The molecule has 2 nitrogen and oxygen atoms in total. The van der Waals surface area contributed by atoms with Gasteiger partial charge in [-0.1, -0.05) is 34.0 Å². The van der Waals surface area contributed by atoms with E-state index in [0.29, 0.717) is 6.54 Å². The molecule has 0 saturated heterocycles. The van der Waals surface area contributed by atoms with Crippen LogP contribution in [-0.4, -0.2) is 12.5 Å². The molecule has 1 aromatic rings. The molecule has 1 amide bonds. The predicted molar refractivity (Wildman–Crippen MR) is 66.9 cm³/mol. The first-order valence-corrected chi connectivity index (χ1v) is 5.96. The first-order chi connectivity index (χ1) is 7.69. The summed E-state index contributed by atoms with van der Waals surface area (Å²) in [6.45, 7) is 0.300. The number of halogens is 1. The fraction of sp³-hybridized carbons (Fsp3) is 0.308. The Morgan fingerprint density at radius 1 is 1.56 bits per heavy atom. The van der Waals surface area contributed by atoms with Crippen molar-refractivity contribution in [2.45, 2.75) is 18.3 Å². The maximum atomic E-state index is 12.0. The van der Waals surface area contributed by atoms with Gasteiger partial charge in [0.05, 0.1) is 12.0 Å². The van der Waals surface area contributed by atoms with Crippen LogP contribution in [0, 0.1) is 12.3 Å². The van der Waals surface area contributed by atoms with Crippen molar-refractivity contribution in [3.8, 4) is 12.3 Å². The molecule has 1 aromatic carbocycles. The monoisotopic (exact) mass is 277 g/mol. The Balaban J connectivity index is 2.20. The lowest BCUT2D eigenvalue weighted by molar-refractivity contribution is -0.123. The van der Waals surface area contributed by atoms with Crippen LogP contribution in [0.25, 0.3) is 0 Å². The highest BCUT2D eigenvalue weighted by Crippen LogP contribution is 2.48. The average Bonchev–Trinajstić information content (AvgIpc) is 3.07. The molecule has 1 saturated carbocycles. The van der Waals surface area contributed by atoms with Gasteiger partial charge in [-0.05, 0) is 30.5 Å². The summed E-state index contributed by atoms with van der Waals surface area (Å²) in [5.74, 6) is 2.47. The molecule has 1 aliphatic carbocycles. The number of benzene rings is 1. The van der Waals surface area contributed by atoms with E-state index in [1.54, 1.807) is 0 Å². The van der Waals surface area contributed by atoms with E-state index >= 15 is 0 Å². The first-order valence-electron chi connectivity index (χ1n) is 5.17. The maximum absolute atomic E-state index is 12.0. The molecule has 0 spiro atoms. The second kappa shape index (κ2) is 4.31. The van der Waals surface area contributed by atoms with Crippen LogP contribution >= 0.6 is 15.9 Å². The number of terminal acetylenes is 1. The summed E-state index contributed by atoms with van der Waals surface area (Å²) in [7, 11) is 0. The summed E-state index contributed by atoms with van der Waals surface area (Å²) in [6.07, 6.45) is 6.94. The molecule has 0 atom stereocenters. The normalized spacial score (nSPS) is 16.2. The van der Waals surface area contributed by atoms with Gasteiger partial charge in [0.1, 0.15) is 0 Å². The molecule has 0 radical (unpaired) electrons. The molecule has 0 aromatic heterocycles. The number of carbonyl (C=O) groups is 1. The molecule has 16 heavy (non-hydrogen) atoms. The Morgan fingerprint density at radius 3 is 2.88 bits per heavy atom. The molecule has 3 heteroatoms. The van der Waals surface area contributed by atoms with Gasteiger partial charge < -0.3 is 5.32 Å². The lowest BCUT2D eigenvalue weighted by Gasteiger charge is -2.14. The molecule has 1 aliphatic rings. The van der Waals surface area contributed by atoms with Crippen molar-refractivity contribution in [1.82, 2.24) is 5.32 Å². The van der Waals surface area contributed by atoms with Crippen LogP contribution in [0.4, 0.5) is 0 Å². The van der Waals surface area contributed by atoms with Crippen LogP contribution in [0.5, 0.6) is 0 Å². The van der Waals surface area contributed by atoms with Crippen molar-refractivity contribution in [1.29, 1.82) is 0 Å². The molecule has 82 valence electrons. The van der Waals surface area contributed by atoms with Gasteiger partial charge in [0.15, 0.2) is 0 Å². The summed E-state index contributed by atoms with van der Waals surface area (Å²) in [5.41, 5.74) is 0.733. The van der Waals surface area contributed by atoms with E-state index in [2.05, 4.69) is 27.2 Å². The van der Waals surface area contributed by atoms with Crippen LogP contribution in [0.2, 0.25) is 0 Å². The Hall–Kier alpha value is -1.27. The maximum Gasteiger partial charge on any atom is 0.231 e. The third kappa shape index (κ3) is 1.98. The zero-order valence-corrected chi connectivity index (χ0v) is 10.4. The molecule has 1 fully saturated rings. The Kier molecular flexibility index (Phi) is 3.02. The van der Waals surface area contributed by atoms with Crippen molar-refractivity contribution in [3.05, 3.63) is 34.3 Å². The summed E-state index contributed by atoms with van der Waals surface area (Å²) in [5, 5.41) is 2.76. The zero-order valence-electron chi connectivity index (χ0n) is 8.79. The van der Waals surface area contributed by atoms with Gasteiger partial charge >= 0.3 is 0 Å². The number of hydrogen-bond acceptors (Lipinski definition) is 1. The van der Waals surface area contributed by atoms with Gasteiger partial charge in [-0.3, -0.25) is 4.79 Å². The van der Waals surface area contributed by atoms with E-state index in [0.717, 1.165) is 22.9 Å². The first kappa shape index (κ1) is 11.2. The Labute approximate surface area is 104 Å². The standard InChI is InChI=1S/C13H12BrNO/c1-2-8-15-12(16)13(6-7-13)10-4-3-5-11(14)9-10/h1,3-5,9H,6-8H2,(H,15,16). The number of amides is 1. The van der Waals surface area contributed by atoms with Gasteiger partial charge in [-0.25, -0.2) is 0 Å². The molecule has 0 bridgehead atoms. The van der Waals surface area contributed by atoms with Gasteiger partial charge in [0.2, 0.25) is 5.91 Å². The van der Waals surface area contributed by atoms with Crippen LogP contribution in [0.3, 0.4) is 0 Å². The summed E-state index contributed by atoms with van der Waals surface area (Å²) in [6, 6.07) is 7.91. The lowest BCUT2D eigenvalue weighted by atomic mass is 9.95. The van der Waals surface area contributed by atoms with Gasteiger partial charge in [-0.2, -0.15) is 0 Å². The minimum Gasteiger partial charge on any atom is -0.344 e. The van der Waals surface area contributed by atoms with E-state index in [1.807, 2.05) is 24.3 Å². The van der Waals surface area contributed by atoms with Crippen LogP contribution in [0.15, 0.2) is 28.7 Å². The van der Waals surface area contributed by atoms with E-state index in [9.17, 15) is 4.79 Å². The minimum absolute atomic E-state index is 0.0450. The van der Waals surface area contributed by atoms with Crippen molar-refractivity contribution in [3.63, 3.8) is 0 Å². The summed E-state index contributed by atoms with van der Waals surface area (Å²) in [4.78, 5) is 12.0. The number of hydrogen-bond donors (Lipinski definition) is 1. The number of nitrogens with one attached hydrogen (secondary N) is 1. The van der Waals surface area contributed by atoms with Crippen LogP contribution < -0.4 is 5.32 Å². The molecule has 0 aliphatic heterocycles. The largest absolute Gasteiger partial charge is 0.344 e. The van der Waals surface area contributed by atoms with E-state index < -0.39 is 0 Å². The predicted octanol–water partition coefficient (Wildman–Crippen LogP) is 2.23. The molecular formula is C13H12BrNO. The van der Waals surface area contributed by atoms with Gasteiger partial charge in [-0.15, -0.1) is 6.42 Å². The molecule has 0 heterocycles. The summed E-state index contributed by atoms with van der Waals surface area (Å²) >= 11 is 3.42. The quantitative estimate of drug-likeness (QED) is 0.844. The molecule has 0 unspecified atom stereocenters. The second-order valence-corrected chi connectivity index (χ2v) is 4.89. The third-order valence-electron chi connectivity index (χ3n) is 2.91. The highest BCUT2D eigenvalue weighted by Gasteiger charge is 2.51. The fourth-order valence-electron chi connectivity index (χ4n) is 1.86. The van der Waals surface area contributed by atoms with Crippen molar-refractivity contribution >= 4 is 21.8 Å². The topological polar surface area (TPSA) is 29.1 Å². The summed E-state index contributed by atoms with van der Waals surface area (Å²) < 4.78 is 1.00. The van der Waals surface area contributed by atoms with Crippen LogP contribution in [0.1, 0.15) is 18.4 Å². The highest BCUT2D eigenvalue weighted by atomic mass is 79.9. The Morgan fingerprint density at radius 2 is 2.31 bits per heavy atom. The van der Waals surface area contributed by atoms with E-state index in [4.69, 9.17) is 6.42 Å². The minimum atomic E-state index is -0.333. The second-order valence-electron chi connectivity index (χ2n) is 3.98. The number of carbonyl (C=O) groups excluding carboxylic acids is 1. The molecule has 1 N–H and O–H groups in total. The molecule has 2 rings (SSSR count). The smallest absolute Gasteiger partial charge is 0.231 e. The van der Waals surface area contributed by atoms with Gasteiger partial charge in [0, 0.05) is 4.47 Å². The SMILES string of the molecule is C#CCNC(=O)C1(c2cccc(Br)c2)CC1. The number of rotatable bonds is 3. The zero-order chi connectivity index (χ0) is 11.6. The average molecular weight is 278 g/mol. The van der Waals surface area contributed by atoms with E-state index in [-0.39, 0.29) is 11.3 Å². The van der Waals surface area contributed by atoms with Crippen molar-refractivity contribution in [2.75, 3.05) is 6.54 Å². The van der Waals surface area contributed by atoms with Gasteiger partial charge in [0.25, 0.3) is 0 Å². The van der Waals surface area contributed by atoms with Crippen molar-refractivity contribution in [2.24, 2.45) is 0 Å².